The van der Waals surface area contributed by atoms with Crippen molar-refractivity contribution in [2.45, 2.75) is 51.9 Å². The van der Waals surface area contributed by atoms with Gasteiger partial charge in [0.05, 0.1) is 12.5 Å². The van der Waals surface area contributed by atoms with Crippen LogP contribution >= 0.6 is 12.4 Å². The van der Waals surface area contributed by atoms with E-state index in [1.807, 2.05) is 19.9 Å². The smallest absolute Gasteiger partial charge is 0.227 e. The van der Waals surface area contributed by atoms with Gasteiger partial charge in [-0.05, 0) is 38.7 Å². The van der Waals surface area contributed by atoms with Crippen LogP contribution in [0.3, 0.4) is 0 Å². The number of hydrogen-bond acceptors (Lipinski definition) is 4. The molecule has 0 aromatic heterocycles. The number of carbonyl (C=O) groups is 1. The number of ether oxygens (including phenoxy) is 2. The summed E-state index contributed by atoms with van der Waals surface area (Å²) in [5.74, 6) is 0.935. The summed E-state index contributed by atoms with van der Waals surface area (Å²) in [4.78, 5) is 12.9. The van der Waals surface area contributed by atoms with Crippen LogP contribution in [-0.2, 0) is 14.9 Å². The minimum Gasteiger partial charge on any atom is -0.496 e. The highest BCUT2D eigenvalue weighted by atomic mass is 35.5. The second-order valence-electron chi connectivity index (χ2n) is 7.47. The predicted octanol–water partition coefficient (Wildman–Crippen LogP) is 3.35. The summed E-state index contributed by atoms with van der Waals surface area (Å²) in [5.41, 5.74) is 7.64. The van der Waals surface area contributed by atoms with Crippen molar-refractivity contribution in [3.63, 3.8) is 0 Å². The van der Waals surface area contributed by atoms with Crippen molar-refractivity contribution in [2.24, 2.45) is 11.1 Å². The Kier molecular flexibility index (Phi) is 9.06. The predicted molar refractivity (Wildman–Crippen MR) is 112 cm³/mol. The Bertz CT molecular complexity index is 603. The maximum absolute atomic E-state index is 12.9. The molecule has 6 heteroatoms. The van der Waals surface area contributed by atoms with Gasteiger partial charge in [0, 0.05) is 37.3 Å². The normalized spacial score (nSPS) is 16.3. The average Bonchev–Trinajstić information content (AvgIpc) is 2.69. The van der Waals surface area contributed by atoms with E-state index in [9.17, 15) is 4.79 Å². The van der Waals surface area contributed by atoms with Gasteiger partial charge in [0.1, 0.15) is 5.75 Å². The van der Waals surface area contributed by atoms with Crippen LogP contribution < -0.4 is 15.8 Å². The van der Waals surface area contributed by atoms with Gasteiger partial charge in [0.2, 0.25) is 5.91 Å². The largest absolute Gasteiger partial charge is 0.496 e. The summed E-state index contributed by atoms with van der Waals surface area (Å²) in [6.45, 7) is 8.48. The van der Waals surface area contributed by atoms with E-state index < -0.39 is 5.41 Å². The molecule has 2 rings (SSSR count). The Balaban J connectivity index is 0.00000364. The fourth-order valence-corrected chi connectivity index (χ4v) is 3.93. The van der Waals surface area contributed by atoms with Gasteiger partial charge in [-0.1, -0.05) is 31.5 Å². The van der Waals surface area contributed by atoms with E-state index in [4.69, 9.17) is 15.2 Å². The van der Waals surface area contributed by atoms with Gasteiger partial charge in [0.25, 0.3) is 0 Å². The summed E-state index contributed by atoms with van der Waals surface area (Å²) < 4.78 is 11.3. The topological polar surface area (TPSA) is 73.6 Å². The SMILES string of the molecule is CCC(CC)(CN)C(=O)NCC1(c2cc(C)ccc2OC)CCOCC1.Cl. The Labute approximate surface area is 169 Å². The molecule has 1 aliphatic heterocycles. The number of aryl methyl sites for hydroxylation is 1. The van der Waals surface area contributed by atoms with Crippen molar-refractivity contribution in [2.75, 3.05) is 33.4 Å². The van der Waals surface area contributed by atoms with Crippen molar-refractivity contribution in [3.05, 3.63) is 29.3 Å². The summed E-state index contributed by atoms with van der Waals surface area (Å²) in [6, 6.07) is 6.26. The van der Waals surface area contributed by atoms with Crippen LogP contribution in [0.15, 0.2) is 18.2 Å². The Morgan fingerprint density at radius 2 is 1.93 bits per heavy atom. The molecule has 1 amide bonds. The van der Waals surface area contributed by atoms with E-state index in [2.05, 4.69) is 24.4 Å². The highest BCUT2D eigenvalue weighted by Gasteiger charge is 2.40. The number of nitrogens with two attached hydrogens (primary N) is 1. The number of amides is 1. The van der Waals surface area contributed by atoms with Crippen LogP contribution in [-0.4, -0.2) is 39.3 Å². The summed E-state index contributed by atoms with van der Waals surface area (Å²) in [7, 11) is 1.70. The maximum atomic E-state index is 12.9. The third-order valence-corrected chi connectivity index (χ3v) is 6.19. The average molecular weight is 399 g/mol. The fourth-order valence-electron chi connectivity index (χ4n) is 3.93. The molecule has 1 aromatic rings. The number of rotatable bonds is 8. The van der Waals surface area contributed by atoms with E-state index in [1.54, 1.807) is 7.11 Å². The number of carbonyl (C=O) groups excluding carboxylic acids is 1. The van der Waals surface area contributed by atoms with Gasteiger partial charge >= 0.3 is 0 Å². The van der Waals surface area contributed by atoms with Gasteiger partial charge in [0.15, 0.2) is 0 Å². The molecular formula is C21H35ClN2O3. The molecule has 1 fully saturated rings. The van der Waals surface area contributed by atoms with Crippen molar-refractivity contribution in [3.8, 4) is 5.75 Å². The Hall–Kier alpha value is -1.30. The van der Waals surface area contributed by atoms with Crippen LogP contribution in [0, 0.1) is 12.3 Å². The zero-order valence-electron chi connectivity index (χ0n) is 17.1. The number of methoxy groups -OCH3 is 1. The highest BCUT2D eigenvalue weighted by Crippen LogP contribution is 2.40. The monoisotopic (exact) mass is 398 g/mol. The molecule has 0 spiro atoms. The standard InChI is InChI=1S/C21H34N2O3.ClH/c1-5-20(6-2,14-22)19(24)23-15-21(9-11-26-12-10-21)17-13-16(3)7-8-18(17)25-4;/h7-8,13H,5-6,9-12,14-15,22H2,1-4H3,(H,23,24);1H. The minimum absolute atomic E-state index is 0. The molecule has 0 radical (unpaired) electrons. The summed E-state index contributed by atoms with van der Waals surface area (Å²) in [6.07, 6.45) is 3.22. The van der Waals surface area contributed by atoms with Gasteiger partial charge in [-0.15, -0.1) is 12.4 Å². The van der Waals surface area contributed by atoms with Crippen LogP contribution in [0.4, 0.5) is 0 Å². The number of nitrogens with one attached hydrogen (secondary N) is 1. The molecule has 0 bridgehead atoms. The number of halogens is 1. The molecule has 0 atom stereocenters. The van der Waals surface area contributed by atoms with Gasteiger partial charge < -0.3 is 20.5 Å². The molecule has 27 heavy (non-hydrogen) atoms. The highest BCUT2D eigenvalue weighted by molar-refractivity contribution is 5.85. The molecule has 1 heterocycles. The second-order valence-corrected chi connectivity index (χ2v) is 7.47. The molecule has 3 N–H and O–H groups in total. The van der Waals surface area contributed by atoms with Crippen LogP contribution in [0.25, 0.3) is 0 Å². The zero-order valence-corrected chi connectivity index (χ0v) is 17.9. The lowest BCUT2D eigenvalue weighted by molar-refractivity contribution is -0.131. The third kappa shape index (κ3) is 4.95. The lowest BCUT2D eigenvalue weighted by Gasteiger charge is -2.40. The Morgan fingerprint density at radius 3 is 2.44 bits per heavy atom. The van der Waals surface area contributed by atoms with E-state index >= 15 is 0 Å². The fraction of sp³-hybridized carbons (Fsp3) is 0.667. The van der Waals surface area contributed by atoms with E-state index in [0.29, 0.717) is 26.3 Å². The molecule has 154 valence electrons. The molecule has 0 aliphatic carbocycles. The molecule has 1 aromatic carbocycles. The number of benzene rings is 1. The molecule has 0 saturated carbocycles. The van der Waals surface area contributed by atoms with E-state index in [-0.39, 0.29) is 23.7 Å². The van der Waals surface area contributed by atoms with Crippen LogP contribution in [0.2, 0.25) is 0 Å². The molecule has 5 nitrogen and oxygen atoms in total. The molecule has 1 aliphatic rings. The lowest BCUT2D eigenvalue weighted by atomic mass is 9.72. The first-order chi connectivity index (χ1) is 12.5. The summed E-state index contributed by atoms with van der Waals surface area (Å²) >= 11 is 0. The third-order valence-electron chi connectivity index (χ3n) is 6.19. The van der Waals surface area contributed by atoms with Crippen molar-refractivity contribution in [1.29, 1.82) is 0 Å². The van der Waals surface area contributed by atoms with Crippen molar-refractivity contribution < 1.29 is 14.3 Å². The lowest BCUT2D eigenvalue weighted by Crippen LogP contribution is -2.51. The van der Waals surface area contributed by atoms with Crippen LogP contribution in [0.5, 0.6) is 5.75 Å². The zero-order chi connectivity index (χ0) is 19.2. The van der Waals surface area contributed by atoms with Crippen molar-refractivity contribution in [1.82, 2.24) is 5.32 Å². The first kappa shape index (κ1) is 23.7. The molecular weight excluding hydrogens is 364 g/mol. The van der Waals surface area contributed by atoms with Crippen LogP contribution in [0.1, 0.15) is 50.7 Å². The first-order valence-electron chi connectivity index (χ1n) is 9.68. The quantitative estimate of drug-likeness (QED) is 0.704. The first-order valence-corrected chi connectivity index (χ1v) is 9.68. The van der Waals surface area contributed by atoms with Gasteiger partial charge in [-0.3, -0.25) is 4.79 Å². The van der Waals surface area contributed by atoms with E-state index in [0.717, 1.165) is 37.0 Å². The summed E-state index contributed by atoms with van der Waals surface area (Å²) in [5, 5.41) is 3.23. The minimum atomic E-state index is -0.483. The second kappa shape index (κ2) is 10.3. The van der Waals surface area contributed by atoms with Gasteiger partial charge in [-0.2, -0.15) is 0 Å². The molecule has 0 unspecified atom stereocenters. The molecule has 1 saturated heterocycles. The van der Waals surface area contributed by atoms with E-state index in [1.165, 1.54) is 5.56 Å². The van der Waals surface area contributed by atoms with Crippen molar-refractivity contribution >= 4 is 18.3 Å². The Morgan fingerprint density at radius 1 is 1.30 bits per heavy atom. The van der Waals surface area contributed by atoms with Gasteiger partial charge in [-0.25, -0.2) is 0 Å². The number of hydrogen-bond donors (Lipinski definition) is 2. The maximum Gasteiger partial charge on any atom is 0.227 e.